The summed E-state index contributed by atoms with van der Waals surface area (Å²) in [4.78, 5) is 2.49. The summed E-state index contributed by atoms with van der Waals surface area (Å²) in [5.41, 5.74) is 9.31. The lowest BCUT2D eigenvalue weighted by Gasteiger charge is -2.30. The van der Waals surface area contributed by atoms with Crippen molar-refractivity contribution in [3.05, 3.63) is 113 Å². The maximum absolute atomic E-state index is 2.49. The predicted molar refractivity (Wildman–Crippen MR) is 156 cm³/mol. The molecule has 0 spiro atoms. The minimum atomic E-state index is 0.709. The topological polar surface area (TPSA) is 3.24 Å². The summed E-state index contributed by atoms with van der Waals surface area (Å²) < 4.78 is 0. The second-order valence-corrected chi connectivity index (χ2v) is 10.6. The molecule has 180 valence electrons. The quantitative estimate of drug-likeness (QED) is 0.237. The van der Waals surface area contributed by atoms with E-state index in [-0.39, 0.29) is 0 Å². The van der Waals surface area contributed by atoms with Gasteiger partial charge in [0.2, 0.25) is 0 Å². The maximum atomic E-state index is 2.49. The van der Waals surface area contributed by atoms with Gasteiger partial charge in [0, 0.05) is 22.1 Å². The van der Waals surface area contributed by atoms with Crippen LogP contribution in [-0.2, 0) is 0 Å². The predicted octanol–water partition coefficient (Wildman–Crippen LogP) is 10.4. The Balaban J connectivity index is 1.61. The summed E-state index contributed by atoms with van der Waals surface area (Å²) in [5, 5.41) is 5.11. The van der Waals surface area contributed by atoms with E-state index in [1.165, 1.54) is 87.4 Å². The van der Waals surface area contributed by atoms with Crippen LogP contribution >= 0.6 is 0 Å². The van der Waals surface area contributed by atoms with Crippen LogP contribution in [0.4, 0.5) is 17.1 Å². The van der Waals surface area contributed by atoms with Gasteiger partial charge in [-0.25, -0.2) is 0 Å². The van der Waals surface area contributed by atoms with Gasteiger partial charge in [-0.2, -0.15) is 0 Å². The number of benzene rings is 5. The van der Waals surface area contributed by atoms with E-state index in [0.29, 0.717) is 5.92 Å². The van der Waals surface area contributed by atoms with Crippen molar-refractivity contribution >= 4 is 38.6 Å². The van der Waals surface area contributed by atoms with Gasteiger partial charge in [0.1, 0.15) is 0 Å². The molecule has 0 saturated heterocycles. The Kier molecular flexibility index (Phi) is 6.01. The molecule has 5 aromatic carbocycles. The molecule has 1 saturated carbocycles. The Morgan fingerprint density at radius 2 is 1.14 bits per heavy atom. The summed E-state index contributed by atoms with van der Waals surface area (Å²) in [6, 6.07) is 34.0. The molecule has 1 heteroatoms. The highest BCUT2D eigenvalue weighted by molar-refractivity contribution is 6.14. The molecule has 5 aromatic rings. The zero-order valence-corrected chi connectivity index (χ0v) is 21.7. The summed E-state index contributed by atoms with van der Waals surface area (Å²) >= 11 is 0. The normalized spacial score (nSPS) is 14.4. The van der Waals surface area contributed by atoms with Crippen LogP contribution in [0.15, 0.2) is 91.0 Å². The third kappa shape index (κ3) is 4.07. The zero-order valence-electron chi connectivity index (χ0n) is 21.7. The standard InChI is InChI=1S/C35H35N/c1-24-17-18-30(21-25(24)2)36(31-19-20-32(26(3)22-31)27-11-5-4-6-12-27)35-33-15-9-7-13-28(33)23-29-14-8-10-16-34(29)35/h7-10,13-23,27H,4-6,11-12H2,1-3H3. The van der Waals surface area contributed by atoms with Crippen molar-refractivity contribution in [1.82, 2.24) is 0 Å². The lowest BCUT2D eigenvalue weighted by atomic mass is 9.82. The molecule has 0 aromatic heterocycles. The molecule has 1 aliphatic carbocycles. The van der Waals surface area contributed by atoms with Crippen molar-refractivity contribution < 1.29 is 0 Å². The molecule has 0 unspecified atom stereocenters. The van der Waals surface area contributed by atoms with Crippen LogP contribution in [0.1, 0.15) is 60.3 Å². The molecule has 0 bridgehead atoms. The van der Waals surface area contributed by atoms with Crippen molar-refractivity contribution in [2.24, 2.45) is 0 Å². The molecule has 0 aliphatic heterocycles. The van der Waals surface area contributed by atoms with Gasteiger partial charge in [-0.05, 0) is 103 Å². The number of anilines is 3. The fraction of sp³-hybridized carbons (Fsp3) is 0.257. The van der Waals surface area contributed by atoms with Gasteiger partial charge in [0.25, 0.3) is 0 Å². The zero-order chi connectivity index (χ0) is 24.6. The Labute approximate surface area is 215 Å². The molecule has 1 aliphatic rings. The Morgan fingerprint density at radius 1 is 0.556 bits per heavy atom. The number of aryl methyl sites for hydroxylation is 3. The van der Waals surface area contributed by atoms with Crippen molar-refractivity contribution in [1.29, 1.82) is 0 Å². The maximum Gasteiger partial charge on any atom is 0.0618 e. The summed E-state index contributed by atoms with van der Waals surface area (Å²) in [5.74, 6) is 0.709. The van der Waals surface area contributed by atoms with Crippen LogP contribution in [0, 0.1) is 20.8 Å². The molecular weight excluding hydrogens is 434 g/mol. The largest absolute Gasteiger partial charge is 0.309 e. The summed E-state index contributed by atoms with van der Waals surface area (Å²) in [6.45, 7) is 6.72. The summed E-state index contributed by atoms with van der Waals surface area (Å²) in [7, 11) is 0. The fourth-order valence-electron chi connectivity index (χ4n) is 6.17. The van der Waals surface area contributed by atoms with Crippen LogP contribution in [-0.4, -0.2) is 0 Å². The van der Waals surface area contributed by atoms with Gasteiger partial charge in [0.15, 0.2) is 0 Å². The highest BCUT2D eigenvalue weighted by Crippen LogP contribution is 2.45. The lowest BCUT2D eigenvalue weighted by molar-refractivity contribution is 0.442. The minimum Gasteiger partial charge on any atom is -0.309 e. The van der Waals surface area contributed by atoms with Crippen LogP contribution in [0.25, 0.3) is 21.5 Å². The molecule has 1 fully saturated rings. The number of fused-ring (bicyclic) bond motifs is 2. The first-order valence-electron chi connectivity index (χ1n) is 13.5. The van der Waals surface area contributed by atoms with E-state index in [2.05, 4.69) is 117 Å². The first-order chi connectivity index (χ1) is 17.6. The minimum absolute atomic E-state index is 0.709. The van der Waals surface area contributed by atoms with Crippen LogP contribution in [0.2, 0.25) is 0 Å². The Bertz CT molecular complexity index is 1500. The smallest absolute Gasteiger partial charge is 0.0618 e. The average Bonchev–Trinajstić information content (AvgIpc) is 2.91. The van der Waals surface area contributed by atoms with Gasteiger partial charge < -0.3 is 4.90 Å². The van der Waals surface area contributed by atoms with E-state index in [4.69, 9.17) is 0 Å². The molecule has 0 N–H and O–H groups in total. The molecule has 0 radical (unpaired) electrons. The van der Waals surface area contributed by atoms with Crippen molar-refractivity contribution in [2.75, 3.05) is 4.90 Å². The highest BCUT2D eigenvalue weighted by atomic mass is 15.1. The molecule has 0 heterocycles. The van der Waals surface area contributed by atoms with Gasteiger partial charge in [-0.3, -0.25) is 0 Å². The van der Waals surface area contributed by atoms with Gasteiger partial charge in [0.05, 0.1) is 5.69 Å². The SMILES string of the molecule is Cc1ccc(N(c2ccc(C3CCCCC3)c(C)c2)c2c3ccccc3cc3ccccc23)cc1C. The van der Waals surface area contributed by atoms with E-state index in [0.717, 1.165) is 0 Å². The number of rotatable bonds is 4. The van der Waals surface area contributed by atoms with Crippen molar-refractivity contribution in [3.8, 4) is 0 Å². The van der Waals surface area contributed by atoms with E-state index in [9.17, 15) is 0 Å². The molecule has 36 heavy (non-hydrogen) atoms. The van der Waals surface area contributed by atoms with E-state index < -0.39 is 0 Å². The van der Waals surface area contributed by atoms with Gasteiger partial charge in [-0.15, -0.1) is 0 Å². The van der Waals surface area contributed by atoms with Gasteiger partial charge >= 0.3 is 0 Å². The third-order valence-corrected chi connectivity index (χ3v) is 8.27. The first-order valence-corrected chi connectivity index (χ1v) is 13.5. The van der Waals surface area contributed by atoms with Crippen LogP contribution < -0.4 is 4.90 Å². The van der Waals surface area contributed by atoms with Crippen LogP contribution in [0.5, 0.6) is 0 Å². The number of nitrogens with zero attached hydrogens (tertiary/aromatic N) is 1. The number of hydrogen-bond donors (Lipinski definition) is 0. The Hall–Kier alpha value is -3.58. The molecule has 6 rings (SSSR count). The second-order valence-electron chi connectivity index (χ2n) is 10.6. The highest BCUT2D eigenvalue weighted by Gasteiger charge is 2.22. The first kappa shape index (κ1) is 22.9. The summed E-state index contributed by atoms with van der Waals surface area (Å²) in [6.07, 6.45) is 6.78. The van der Waals surface area contributed by atoms with Crippen molar-refractivity contribution in [3.63, 3.8) is 0 Å². The third-order valence-electron chi connectivity index (χ3n) is 8.27. The fourth-order valence-corrected chi connectivity index (χ4v) is 6.17. The van der Waals surface area contributed by atoms with Gasteiger partial charge in [-0.1, -0.05) is 79.9 Å². The van der Waals surface area contributed by atoms with E-state index >= 15 is 0 Å². The lowest BCUT2D eigenvalue weighted by Crippen LogP contribution is -2.13. The molecule has 0 amide bonds. The average molecular weight is 470 g/mol. The monoisotopic (exact) mass is 469 g/mol. The molecule has 0 atom stereocenters. The van der Waals surface area contributed by atoms with Crippen LogP contribution in [0.3, 0.4) is 0 Å². The Morgan fingerprint density at radius 3 is 1.75 bits per heavy atom. The van der Waals surface area contributed by atoms with E-state index in [1.807, 2.05) is 0 Å². The second kappa shape index (κ2) is 9.47. The molecule has 1 nitrogen and oxygen atoms in total. The number of hydrogen-bond acceptors (Lipinski definition) is 1. The molecular formula is C35H35N. The van der Waals surface area contributed by atoms with E-state index in [1.54, 1.807) is 5.56 Å². The van der Waals surface area contributed by atoms with Crippen molar-refractivity contribution in [2.45, 2.75) is 58.8 Å².